The lowest BCUT2D eigenvalue weighted by Crippen LogP contribution is -2.53. The fourth-order valence-corrected chi connectivity index (χ4v) is 1.86. The Balaban J connectivity index is 0.00000625. The Kier molecular flexibility index (Phi) is 10.6. The molecule has 1 aromatic rings. The first-order valence-corrected chi connectivity index (χ1v) is 7.24. The van der Waals surface area contributed by atoms with Crippen LogP contribution in [0.3, 0.4) is 0 Å². The van der Waals surface area contributed by atoms with E-state index in [1.54, 1.807) is 30.3 Å². The van der Waals surface area contributed by atoms with Gasteiger partial charge in [0, 0.05) is 6.42 Å². The molecule has 0 spiro atoms. The van der Waals surface area contributed by atoms with Crippen LogP contribution in [0.2, 0.25) is 0 Å². The van der Waals surface area contributed by atoms with E-state index in [2.05, 4.69) is 10.2 Å². The normalized spacial score (nSPS) is 12.2. The first-order chi connectivity index (χ1) is 11.8. The Hall–Kier alpha value is -2.69. The number of nitrogens with one attached hydrogen (secondary N) is 2. The van der Waals surface area contributed by atoms with Gasteiger partial charge >= 0.3 is 11.9 Å². The molecule has 2 amide bonds. The highest BCUT2D eigenvalue weighted by Crippen LogP contribution is 2.04. The van der Waals surface area contributed by atoms with Crippen LogP contribution in [0.4, 0.5) is 0 Å². The van der Waals surface area contributed by atoms with Crippen molar-refractivity contribution in [2.24, 2.45) is 5.73 Å². The van der Waals surface area contributed by atoms with Gasteiger partial charge in [0.2, 0.25) is 5.91 Å². The minimum Gasteiger partial charge on any atom is -0.481 e. The molecular formula is C15H20ClN3O7. The minimum absolute atomic E-state index is 0. The Morgan fingerprint density at radius 3 is 2.19 bits per heavy atom. The van der Waals surface area contributed by atoms with Gasteiger partial charge in [0.05, 0.1) is 12.5 Å². The number of benzene rings is 1. The topological polar surface area (TPSA) is 168 Å². The zero-order valence-corrected chi connectivity index (χ0v) is 14.4. The highest BCUT2D eigenvalue weighted by Gasteiger charge is 2.25. The van der Waals surface area contributed by atoms with Crippen LogP contribution in [-0.2, 0) is 30.4 Å². The molecule has 11 heteroatoms. The third-order valence-electron chi connectivity index (χ3n) is 3.02. The molecule has 0 aliphatic heterocycles. The van der Waals surface area contributed by atoms with E-state index in [9.17, 15) is 19.2 Å². The summed E-state index contributed by atoms with van der Waals surface area (Å²) in [5.41, 5.74) is 8.11. The number of hydrogen-bond acceptors (Lipinski definition) is 6. The van der Waals surface area contributed by atoms with Gasteiger partial charge in [-0.25, -0.2) is 10.3 Å². The molecular weight excluding hydrogens is 370 g/mol. The predicted octanol–water partition coefficient (Wildman–Crippen LogP) is -0.930. The molecule has 0 aliphatic rings. The summed E-state index contributed by atoms with van der Waals surface area (Å²) in [6.45, 7) is -0.754. The Morgan fingerprint density at radius 2 is 1.65 bits per heavy atom. The van der Waals surface area contributed by atoms with Gasteiger partial charge in [-0.3, -0.25) is 19.2 Å². The van der Waals surface area contributed by atoms with Crippen molar-refractivity contribution >= 4 is 36.2 Å². The van der Waals surface area contributed by atoms with E-state index < -0.39 is 48.9 Å². The number of amides is 2. The van der Waals surface area contributed by atoms with E-state index in [1.807, 2.05) is 5.48 Å². The van der Waals surface area contributed by atoms with Gasteiger partial charge in [-0.05, 0) is 5.56 Å². The molecule has 0 saturated carbocycles. The standard InChI is InChI=1S/C15H19N3O7.ClH/c16-10(7-12(19)20)14(23)17-11(6-9-4-2-1-3-5-9)15(24)18-25-8-13(21)22;/h1-5,10-11H,6-8,16H2,(H,17,23)(H,18,24)(H,19,20)(H,21,22);1H/t10-,11-;/m0./s1. The minimum atomic E-state index is -1.33. The molecule has 0 fully saturated rings. The van der Waals surface area contributed by atoms with Crippen LogP contribution in [-0.4, -0.2) is 52.7 Å². The summed E-state index contributed by atoms with van der Waals surface area (Å²) in [6, 6.07) is 6.25. The predicted molar refractivity (Wildman–Crippen MR) is 91.3 cm³/mol. The van der Waals surface area contributed by atoms with Crippen molar-refractivity contribution in [1.82, 2.24) is 10.8 Å². The molecule has 26 heavy (non-hydrogen) atoms. The lowest BCUT2D eigenvalue weighted by molar-refractivity contribution is -0.150. The van der Waals surface area contributed by atoms with E-state index in [0.29, 0.717) is 5.56 Å². The maximum atomic E-state index is 12.1. The Morgan fingerprint density at radius 1 is 1.04 bits per heavy atom. The summed E-state index contributed by atoms with van der Waals surface area (Å²) in [4.78, 5) is 49.6. The van der Waals surface area contributed by atoms with Gasteiger partial charge in [0.1, 0.15) is 6.04 Å². The van der Waals surface area contributed by atoms with E-state index in [4.69, 9.17) is 15.9 Å². The summed E-state index contributed by atoms with van der Waals surface area (Å²) in [5, 5.41) is 19.5. The maximum absolute atomic E-state index is 12.1. The molecule has 0 aromatic heterocycles. The van der Waals surface area contributed by atoms with Crippen molar-refractivity contribution < 1.29 is 34.2 Å². The van der Waals surface area contributed by atoms with Crippen LogP contribution in [0.1, 0.15) is 12.0 Å². The molecule has 1 aromatic carbocycles. The van der Waals surface area contributed by atoms with Gasteiger partial charge in [-0.2, -0.15) is 0 Å². The number of carbonyl (C=O) groups is 4. The zero-order chi connectivity index (χ0) is 18.8. The number of carboxylic acids is 2. The van der Waals surface area contributed by atoms with Crippen LogP contribution in [0, 0.1) is 0 Å². The maximum Gasteiger partial charge on any atom is 0.332 e. The number of halogens is 1. The van der Waals surface area contributed by atoms with Crippen LogP contribution >= 0.6 is 12.4 Å². The zero-order valence-electron chi connectivity index (χ0n) is 13.6. The molecule has 144 valence electrons. The fourth-order valence-electron chi connectivity index (χ4n) is 1.86. The SMILES string of the molecule is Cl.N[C@@H](CC(=O)O)C(=O)N[C@@H](Cc1ccccc1)C(=O)NOCC(=O)O. The third-order valence-corrected chi connectivity index (χ3v) is 3.02. The van der Waals surface area contributed by atoms with E-state index >= 15 is 0 Å². The molecule has 1 rings (SSSR count). The fraction of sp³-hybridized carbons (Fsp3) is 0.333. The summed E-state index contributed by atoms with van der Waals surface area (Å²) in [7, 11) is 0. The number of carbonyl (C=O) groups excluding carboxylic acids is 2. The monoisotopic (exact) mass is 389 g/mol. The number of hydrogen-bond donors (Lipinski definition) is 5. The van der Waals surface area contributed by atoms with Gasteiger partial charge in [-0.1, -0.05) is 30.3 Å². The van der Waals surface area contributed by atoms with Crippen molar-refractivity contribution in [3.05, 3.63) is 35.9 Å². The van der Waals surface area contributed by atoms with Crippen LogP contribution in [0.25, 0.3) is 0 Å². The molecule has 6 N–H and O–H groups in total. The molecule has 0 radical (unpaired) electrons. The number of rotatable bonds is 10. The number of nitrogens with two attached hydrogens (primary N) is 1. The summed E-state index contributed by atoms with van der Waals surface area (Å²) < 4.78 is 0. The summed E-state index contributed by atoms with van der Waals surface area (Å²) in [5.74, 6) is -4.15. The van der Waals surface area contributed by atoms with Crippen molar-refractivity contribution in [1.29, 1.82) is 0 Å². The Labute approximate surface area is 155 Å². The van der Waals surface area contributed by atoms with Crippen molar-refractivity contribution in [2.45, 2.75) is 24.9 Å². The molecule has 0 aliphatic carbocycles. The van der Waals surface area contributed by atoms with Crippen LogP contribution < -0.4 is 16.5 Å². The molecule has 0 bridgehead atoms. The number of carboxylic acid groups (broad SMARTS) is 2. The lowest BCUT2D eigenvalue weighted by atomic mass is 10.0. The smallest absolute Gasteiger partial charge is 0.332 e. The van der Waals surface area contributed by atoms with Crippen molar-refractivity contribution in [3.63, 3.8) is 0 Å². The van der Waals surface area contributed by atoms with E-state index in [-0.39, 0.29) is 18.8 Å². The van der Waals surface area contributed by atoms with Crippen LogP contribution in [0.15, 0.2) is 30.3 Å². The molecule has 0 saturated heterocycles. The third kappa shape index (κ3) is 8.97. The van der Waals surface area contributed by atoms with E-state index in [0.717, 1.165) is 0 Å². The summed E-state index contributed by atoms with van der Waals surface area (Å²) in [6.07, 6.45) is -0.518. The average molecular weight is 390 g/mol. The molecule has 2 atom stereocenters. The molecule has 0 unspecified atom stereocenters. The second-order valence-corrected chi connectivity index (χ2v) is 5.10. The van der Waals surface area contributed by atoms with Gasteiger partial charge < -0.3 is 21.3 Å². The largest absolute Gasteiger partial charge is 0.481 e. The Bertz CT molecular complexity index is 627. The lowest BCUT2D eigenvalue weighted by Gasteiger charge is -2.20. The molecule has 0 heterocycles. The van der Waals surface area contributed by atoms with Gasteiger partial charge in [0.25, 0.3) is 5.91 Å². The average Bonchev–Trinajstić information content (AvgIpc) is 2.54. The van der Waals surface area contributed by atoms with Gasteiger partial charge in [-0.15, -0.1) is 12.4 Å². The second-order valence-electron chi connectivity index (χ2n) is 5.10. The second kappa shape index (κ2) is 11.8. The number of hydroxylamine groups is 1. The summed E-state index contributed by atoms with van der Waals surface area (Å²) >= 11 is 0. The van der Waals surface area contributed by atoms with E-state index in [1.165, 1.54) is 0 Å². The molecule has 10 nitrogen and oxygen atoms in total. The first kappa shape index (κ1) is 23.3. The van der Waals surface area contributed by atoms with Crippen LogP contribution in [0.5, 0.6) is 0 Å². The highest BCUT2D eigenvalue weighted by atomic mass is 35.5. The highest BCUT2D eigenvalue weighted by molar-refractivity contribution is 5.91. The quantitative estimate of drug-likeness (QED) is 0.320. The van der Waals surface area contributed by atoms with Gasteiger partial charge in [0.15, 0.2) is 6.61 Å². The van der Waals surface area contributed by atoms with Crippen molar-refractivity contribution in [3.8, 4) is 0 Å². The van der Waals surface area contributed by atoms with Crippen molar-refractivity contribution in [2.75, 3.05) is 6.61 Å². The number of aliphatic carboxylic acids is 2. The first-order valence-electron chi connectivity index (χ1n) is 7.24.